The molecule has 1 heterocycles. The summed E-state index contributed by atoms with van der Waals surface area (Å²) in [6, 6.07) is 0. The molecule has 1 rings (SSSR count). The van der Waals surface area contributed by atoms with E-state index in [4.69, 9.17) is 0 Å². The summed E-state index contributed by atoms with van der Waals surface area (Å²) in [5, 5.41) is 0. The van der Waals surface area contributed by atoms with E-state index in [1.54, 1.807) is 6.92 Å². The lowest BCUT2D eigenvalue weighted by molar-refractivity contribution is -0.111. The Bertz CT molecular complexity index is 137. The van der Waals surface area contributed by atoms with Gasteiger partial charge in [-0.25, -0.2) is 0 Å². The smallest absolute Gasteiger partial charge is 0.173 e. The third-order valence-corrected chi connectivity index (χ3v) is 1.28. The molecule has 2 nitrogen and oxygen atoms in total. The molecule has 0 radical (unpaired) electrons. The van der Waals surface area contributed by atoms with Gasteiger partial charge < -0.3 is 0 Å². The Balaban J connectivity index is 2.57. The van der Waals surface area contributed by atoms with Crippen LogP contribution in [0.3, 0.4) is 0 Å². The molecule has 0 amide bonds. The van der Waals surface area contributed by atoms with E-state index in [1.165, 1.54) is 0 Å². The molecule has 44 valence electrons. The molecule has 0 aromatic rings. The van der Waals surface area contributed by atoms with Gasteiger partial charge in [-0.15, -0.1) is 0 Å². The molecular formula is C6H9NO. The van der Waals surface area contributed by atoms with Crippen LogP contribution in [0.5, 0.6) is 0 Å². The van der Waals surface area contributed by atoms with Gasteiger partial charge in [0.25, 0.3) is 0 Å². The third kappa shape index (κ3) is 0.941. The van der Waals surface area contributed by atoms with Crippen molar-refractivity contribution in [2.24, 2.45) is 4.99 Å². The fourth-order valence-corrected chi connectivity index (χ4v) is 0.827. The zero-order valence-corrected chi connectivity index (χ0v) is 4.98. The van der Waals surface area contributed by atoms with Crippen LogP contribution in [0.1, 0.15) is 19.8 Å². The molecular weight excluding hydrogens is 107 g/mol. The Morgan fingerprint density at radius 3 is 2.75 bits per heavy atom. The van der Waals surface area contributed by atoms with Gasteiger partial charge in [-0.2, -0.15) is 0 Å². The molecule has 0 atom stereocenters. The van der Waals surface area contributed by atoms with Crippen molar-refractivity contribution >= 4 is 11.5 Å². The van der Waals surface area contributed by atoms with Gasteiger partial charge in [0.1, 0.15) is 0 Å². The van der Waals surface area contributed by atoms with Crippen LogP contribution in [0.4, 0.5) is 0 Å². The highest BCUT2D eigenvalue weighted by Crippen LogP contribution is 2.03. The Morgan fingerprint density at radius 2 is 2.50 bits per heavy atom. The first kappa shape index (κ1) is 5.48. The minimum atomic E-state index is 0.141. The van der Waals surface area contributed by atoms with Crippen LogP contribution in [0.25, 0.3) is 0 Å². The maximum atomic E-state index is 10.5. The molecule has 1 aliphatic heterocycles. The van der Waals surface area contributed by atoms with Crippen molar-refractivity contribution in [1.82, 2.24) is 0 Å². The zero-order valence-electron chi connectivity index (χ0n) is 4.98. The molecule has 0 fully saturated rings. The van der Waals surface area contributed by atoms with Crippen molar-refractivity contribution in [3.05, 3.63) is 0 Å². The lowest BCUT2D eigenvalue weighted by Gasteiger charge is -1.86. The number of aliphatic imine (C=N–C) groups is 1. The van der Waals surface area contributed by atoms with E-state index in [0.717, 1.165) is 25.1 Å². The standard InChI is InChI=1S/C6H9NO/c1-5(8)6-3-2-4-7-6/h2-4H2,1H3/i2+1,3+1,4+1,5+1,6+1. The number of hydrogen-bond acceptors (Lipinski definition) is 2. The molecule has 0 aliphatic carbocycles. The Hall–Kier alpha value is -0.660. The van der Waals surface area contributed by atoms with Gasteiger partial charge in [-0.05, 0) is 12.8 Å². The molecule has 0 unspecified atom stereocenters. The van der Waals surface area contributed by atoms with Crippen LogP contribution >= 0.6 is 0 Å². The quantitative estimate of drug-likeness (QED) is 0.466. The normalized spacial score (nSPS) is 18.4. The predicted molar refractivity (Wildman–Crippen MR) is 32.2 cm³/mol. The summed E-state index contributed by atoms with van der Waals surface area (Å²) in [6.07, 6.45) is 1.96. The summed E-state index contributed by atoms with van der Waals surface area (Å²) in [6.45, 7) is 2.43. The highest BCUT2D eigenvalue weighted by molar-refractivity contribution is 6.39. The molecule has 0 saturated carbocycles. The van der Waals surface area contributed by atoms with Crippen molar-refractivity contribution in [1.29, 1.82) is 0 Å². The number of hydrogen-bond donors (Lipinski definition) is 0. The number of ketones is 1. The summed E-state index contributed by atoms with van der Waals surface area (Å²) < 4.78 is 0. The number of Topliss-reactive ketones (excluding diaryl/α,β-unsaturated/α-hetero) is 1. The van der Waals surface area contributed by atoms with Crippen molar-refractivity contribution in [3.8, 4) is 0 Å². The number of carbonyl (C=O) groups excluding carboxylic acids is 1. The van der Waals surface area contributed by atoms with E-state index < -0.39 is 0 Å². The molecule has 8 heavy (non-hydrogen) atoms. The lowest BCUT2D eigenvalue weighted by atomic mass is 11.0. The van der Waals surface area contributed by atoms with E-state index in [1.807, 2.05) is 0 Å². The number of nitrogens with zero attached hydrogens (tertiary/aromatic N) is 1. The summed E-state index contributed by atoms with van der Waals surface area (Å²) in [5.41, 5.74) is 0.782. The second-order valence-corrected chi connectivity index (χ2v) is 1.99. The van der Waals surface area contributed by atoms with E-state index in [9.17, 15) is 4.79 Å². The zero-order chi connectivity index (χ0) is 5.98. The van der Waals surface area contributed by atoms with Crippen LogP contribution in [0.15, 0.2) is 4.99 Å². The largest absolute Gasteiger partial charge is 0.293 e. The SMILES string of the molecule is C[13C](=O)[13C]1=N[13CH2][13CH2][13CH2]1. The molecule has 0 N–H and O–H groups in total. The summed E-state index contributed by atoms with van der Waals surface area (Å²) >= 11 is 0. The maximum absolute atomic E-state index is 10.5. The van der Waals surface area contributed by atoms with Gasteiger partial charge in [0.05, 0.1) is 5.71 Å². The average molecular weight is 116 g/mol. The van der Waals surface area contributed by atoms with E-state index in [2.05, 4.69) is 4.99 Å². The molecule has 1 aliphatic rings. The summed E-state index contributed by atoms with van der Waals surface area (Å²) in [4.78, 5) is 14.5. The summed E-state index contributed by atoms with van der Waals surface area (Å²) in [7, 11) is 0. The minimum absolute atomic E-state index is 0.141. The minimum Gasteiger partial charge on any atom is -0.293 e. The highest BCUT2D eigenvalue weighted by Gasteiger charge is 2.08. The van der Waals surface area contributed by atoms with Crippen molar-refractivity contribution in [3.63, 3.8) is 0 Å². The van der Waals surface area contributed by atoms with Crippen molar-refractivity contribution in [2.75, 3.05) is 6.54 Å². The number of carbonyl (C=O) groups is 1. The van der Waals surface area contributed by atoms with Crippen LogP contribution in [-0.4, -0.2) is 18.0 Å². The fourth-order valence-electron chi connectivity index (χ4n) is 0.827. The van der Waals surface area contributed by atoms with Gasteiger partial charge >= 0.3 is 0 Å². The van der Waals surface area contributed by atoms with Crippen LogP contribution in [0.2, 0.25) is 0 Å². The van der Waals surface area contributed by atoms with Crippen molar-refractivity contribution < 1.29 is 4.79 Å². The first-order valence-corrected chi connectivity index (χ1v) is 2.85. The van der Waals surface area contributed by atoms with Crippen molar-refractivity contribution in [2.45, 2.75) is 19.8 Å². The van der Waals surface area contributed by atoms with E-state index in [-0.39, 0.29) is 5.78 Å². The maximum Gasteiger partial charge on any atom is 0.173 e. The Morgan fingerprint density at radius 1 is 1.75 bits per heavy atom. The molecule has 2 heteroatoms. The molecule has 0 bridgehead atoms. The van der Waals surface area contributed by atoms with Gasteiger partial charge in [0.2, 0.25) is 0 Å². The predicted octanol–water partition coefficient (Wildman–Crippen LogP) is 0.810. The third-order valence-electron chi connectivity index (χ3n) is 1.28. The first-order valence-electron chi connectivity index (χ1n) is 2.85. The second kappa shape index (κ2) is 2.07. The van der Waals surface area contributed by atoms with Crippen LogP contribution < -0.4 is 0 Å². The lowest BCUT2D eigenvalue weighted by Crippen LogP contribution is -2.04. The van der Waals surface area contributed by atoms with Gasteiger partial charge in [-0.1, -0.05) is 0 Å². The molecule has 0 saturated heterocycles. The second-order valence-electron chi connectivity index (χ2n) is 1.99. The monoisotopic (exact) mass is 116 g/mol. The van der Waals surface area contributed by atoms with E-state index >= 15 is 0 Å². The Kier molecular flexibility index (Phi) is 1.42. The topological polar surface area (TPSA) is 29.4 Å². The molecule has 0 spiro atoms. The first-order chi connectivity index (χ1) is 3.80. The average Bonchev–Trinajstić information content (AvgIpc) is 2.12. The highest BCUT2D eigenvalue weighted by atomic mass is 16.2. The van der Waals surface area contributed by atoms with Gasteiger partial charge in [0, 0.05) is 13.5 Å². The van der Waals surface area contributed by atoms with Crippen LogP contribution in [0, 0.1) is 0 Å². The number of rotatable bonds is 1. The van der Waals surface area contributed by atoms with Crippen LogP contribution in [-0.2, 0) is 4.79 Å². The van der Waals surface area contributed by atoms with E-state index in [0.29, 0.717) is 0 Å². The summed E-state index contributed by atoms with van der Waals surface area (Å²) in [5.74, 6) is 0.141. The fraction of sp³-hybridized carbons (Fsp3) is 0.667. The molecule has 0 aromatic heterocycles. The van der Waals surface area contributed by atoms with Gasteiger partial charge in [-0.3, -0.25) is 9.79 Å². The molecule has 0 aromatic carbocycles. The van der Waals surface area contributed by atoms with Gasteiger partial charge in [0.15, 0.2) is 5.78 Å². The Labute approximate surface area is 48.6 Å².